The highest BCUT2D eigenvalue weighted by Gasteiger charge is 2.36. The molecule has 35 heavy (non-hydrogen) atoms. The van der Waals surface area contributed by atoms with Crippen LogP contribution in [0.25, 0.3) is 6.08 Å². The van der Waals surface area contributed by atoms with Crippen molar-refractivity contribution in [2.45, 2.75) is 6.61 Å². The number of hydrogen-bond donors (Lipinski definition) is 0. The average molecular weight is 512 g/mol. The third-order valence-corrected chi connectivity index (χ3v) is 6.29. The number of amides is 2. The van der Waals surface area contributed by atoms with Crippen molar-refractivity contribution in [3.8, 4) is 11.5 Å². The van der Waals surface area contributed by atoms with Crippen LogP contribution in [0.5, 0.6) is 11.5 Å². The topological polar surface area (TPSA) is 72.9 Å². The first-order valence-corrected chi connectivity index (χ1v) is 11.6. The number of hydrogen-bond acceptors (Lipinski definition) is 6. The number of benzene rings is 3. The van der Waals surface area contributed by atoms with Crippen LogP contribution in [0, 0.1) is 5.82 Å². The van der Waals surface area contributed by atoms with Crippen molar-refractivity contribution >= 4 is 46.4 Å². The van der Waals surface area contributed by atoms with Crippen molar-refractivity contribution in [1.29, 1.82) is 0 Å². The van der Waals surface area contributed by atoms with E-state index >= 15 is 0 Å². The fraction of sp³-hybridized carbons (Fsp3) is 0.115. The monoisotopic (exact) mass is 511 g/mol. The first kappa shape index (κ1) is 24.5. The fourth-order valence-corrected chi connectivity index (χ4v) is 4.26. The summed E-state index contributed by atoms with van der Waals surface area (Å²) in [5.41, 5.74) is 1.77. The maximum Gasteiger partial charge on any atom is 0.293 e. The minimum Gasteiger partial charge on any atom is -0.493 e. The van der Waals surface area contributed by atoms with Crippen LogP contribution >= 0.6 is 23.4 Å². The second kappa shape index (κ2) is 10.8. The van der Waals surface area contributed by atoms with E-state index in [-0.39, 0.29) is 29.7 Å². The van der Waals surface area contributed by atoms with E-state index in [1.54, 1.807) is 60.7 Å². The highest BCUT2D eigenvalue weighted by atomic mass is 35.5. The van der Waals surface area contributed by atoms with Crippen LogP contribution in [0.4, 0.5) is 9.18 Å². The van der Waals surface area contributed by atoms with Crippen molar-refractivity contribution in [1.82, 2.24) is 4.90 Å². The zero-order chi connectivity index (χ0) is 24.9. The van der Waals surface area contributed by atoms with Gasteiger partial charge in [-0.3, -0.25) is 19.3 Å². The molecule has 6 nitrogen and oxygen atoms in total. The molecule has 1 heterocycles. The SMILES string of the molecule is COc1cc(/C=C2\SC(=O)N(CC(=O)c3ccc(Cl)cc3)C2=O)ccc1OCc1ccc(F)cc1. The normalized spacial score (nSPS) is 14.5. The lowest BCUT2D eigenvalue weighted by atomic mass is 10.1. The van der Waals surface area contributed by atoms with Gasteiger partial charge >= 0.3 is 0 Å². The van der Waals surface area contributed by atoms with Crippen LogP contribution in [0.3, 0.4) is 0 Å². The fourth-order valence-electron chi connectivity index (χ4n) is 3.29. The third kappa shape index (κ3) is 5.90. The van der Waals surface area contributed by atoms with E-state index in [1.165, 1.54) is 19.2 Å². The summed E-state index contributed by atoms with van der Waals surface area (Å²) in [6.07, 6.45) is 1.56. The number of carbonyl (C=O) groups excluding carboxylic acids is 3. The van der Waals surface area contributed by atoms with Gasteiger partial charge in [-0.2, -0.15) is 0 Å². The van der Waals surface area contributed by atoms with Crippen molar-refractivity contribution in [2.75, 3.05) is 13.7 Å². The molecule has 178 valence electrons. The Hall–Kier alpha value is -3.62. The highest BCUT2D eigenvalue weighted by molar-refractivity contribution is 8.18. The molecule has 0 unspecified atom stereocenters. The van der Waals surface area contributed by atoms with E-state index in [2.05, 4.69) is 0 Å². The van der Waals surface area contributed by atoms with Gasteiger partial charge in [0.2, 0.25) is 0 Å². The summed E-state index contributed by atoms with van der Waals surface area (Å²) in [6, 6.07) is 17.3. The summed E-state index contributed by atoms with van der Waals surface area (Å²) >= 11 is 6.61. The molecule has 0 saturated carbocycles. The zero-order valence-electron chi connectivity index (χ0n) is 18.5. The van der Waals surface area contributed by atoms with Crippen molar-refractivity contribution < 1.29 is 28.2 Å². The number of halogens is 2. The molecule has 3 aromatic rings. The molecule has 0 spiro atoms. The second-order valence-corrected chi connectivity index (χ2v) is 8.95. The second-order valence-electron chi connectivity index (χ2n) is 7.52. The molecule has 4 rings (SSSR count). The van der Waals surface area contributed by atoms with Gasteiger partial charge in [0.05, 0.1) is 18.6 Å². The van der Waals surface area contributed by atoms with Gasteiger partial charge < -0.3 is 9.47 Å². The number of ketones is 1. The number of ether oxygens (including phenoxy) is 2. The Morgan fingerprint density at radius 1 is 1.03 bits per heavy atom. The molecule has 0 aliphatic carbocycles. The number of rotatable bonds is 8. The molecule has 1 fully saturated rings. The van der Waals surface area contributed by atoms with E-state index in [0.29, 0.717) is 27.6 Å². The molecule has 0 atom stereocenters. The summed E-state index contributed by atoms with van der Waals surface area (Å²) in [7, 11) is 1.49. The number of carbonyl (C=O) groups is 3. The molecule has 1 aliphatic heterocycles. The third-order valence-electron chi connectivity index (χ3n) is 5.13. The van der Waals surface area contributed by atoms with Gasteiger partial charge in [-0.1, -0.05) is 29.8 Å². The zero-order valence-corrected chi connectivity index (χ0v) is 20.1. The molecule has 2 amide bonds. The predicted octanol–water partition coefficient (Wildman–Crippen LogP) is 5.99. The molecule has 0 N–H and O–H groups in total. The van der Waals surface area contributed by atoms with Crippen LogP contribution in [0.1, 0.15) is 21.5 Å². The van der Waals surface area contributed by atoms with E-state index in [4.69, 9.17) is 21.1 Å². The standard InChI is InChI=1S/C26H19ClFNO5S/c1-33-23-12-17(4-11-22(23)34-15-16-2-9-20(28)10-3-16)13-24-25(31)29(26(32)35-24)14-21(30)18-5-7-19(27)8-6-18/h2-13H,14-15H2,1H3/b24-13-. The van der Waals surface area contributed by atoms with Gasteiger partial charge in [0.15, 0.2) is 17.3 Å². The summed E-state index contributed by atoms with van der Waals surface area (Å²) < 4.78 is 24.3. The van der Waals surface area contributed by atoms with Gasteiger partial charge in [-0.05, 0) is 77.5 Å². The first-order chi connectivity index (χ1) is 16.8. The molecule has 0 radical (unpaired) electrons. The maximum atomic E-state index is 13.1. The van der Waals surface area contributed by atoms with Crippen LogP contribution in [0.2, 0.25) is 5.02 Å². The highest BCUT2D eigenvalue weighted by Crippen LogP contribution is 2.35. The molecule has 3 aromatic carbocycles. The quantitative estimate of drug-likeness (QED) is 0.273. The van der Waals surface area contributed by atoms with Crippen molar-refractivity contribution in [3.63, 3.8) is 0 Å². The van der Waals surface area contributed by atoms with Gasteiger partial charge in [-0.25, -0.2) is 4.39 Å². The Labute approximate surface area is 210 Å². The van der Waals surface area contributed by atoms with Gasteiger partial charge in [0.1, 0.15) is 12.4 Å². The lowest BCUT2D eigenvalue weighted by Gasteiger charge is -2.12. The molecular formula is C26H19ClFNO5S. The Morgan fingerprint density at radius 3 is 2.43 bits per heavy atom. The Balaban J connectivity index is 1.46. The predicted molar refractivity (Wildman–Crippen MR) is 132 cm³/mol. The lowest BCUT2D eigenvalue weighted by Crippen LogP contribution is -2.33. The van der Waals surface area contributed by atoms with Crippen LogP contribution in [0.15, 0.2) is 71.6 Å². The number of nitrogens with zero attached hydrogens (tertiary/aromatic N) is 1. The first-order valence-electron chi connectivity index (χ1n) is 10.4. The molecule has 9 heteroatoms. The van der Waals surface area contributed by atoms with Gasteiger partial charge in [0, 0.05) is 10.6 Å². The lowest BCUT2D eigenvalue weighted by molar-refractivity contribution is -0.122. The van der Waals surface area contributed by atoms with Crippen LogP contribution < -0.4 is 9.47 Å². The van der Waals surface area contributed by atoms with Crippen LogP contribution in [-0.2, 0) is 11.4 Å². The number of thioether (sulfide) groups is 1. The number of imide groups is 1. The van der Waals surface area contributed by atoms with E-state index < -0.39 is 11.1 Å². The number of methoxy groups -OCH3 is 1. The van der Waals surface area contributed by atoms with Gasteiger partial charge in [0.25, 0.3) is 11.1 Å². The summed E-state index contributed by atoms with van der Waals surface area (Å²) in [4.78, 5) is 38.8. The molecule has 1 aliphatic rings. The van der Waals surface area contributed by atoms with Crippen molar-refractivity contribution in [2.24, 2.45) is 0 Å². The maximum absolute atomic E-state index is 13.1. The Kier molecular flexibility index (Phi) is 7.53. The molecule has 1 saturated heterocycles. The average Bonchev–Trinajstić information content (AvgIpc) is 3.11. The smallest absolute Gasteiger partial charge is 0.293 e. The molecular weight excluding hydrogens is 493 g/mol. The largest absolute Gasteiger partial charge is 0.493 e. The Bertz CT molecular complexity index is 1310. The van der Waals surface area contributed by atoms with Crippen LogP contribution in [-0.4, -0.2) is 35.5 Å². The van der Waals surface area contributed by atoms with Gasteiger partial charge in [-0.15, -0.1) is 0 Å². The Morgan fingerprint density at radius 2 is 1.74 bits per heavy atom. The summed E-state index contributed by atoms with van der Waals surface area (Å²) in [5.74, 6) is -0.337. The van der Waals surface area contributed by atoms with Crippen molar-refractivity contribution in [3.05, 3.63) is 99.2 Å². The molecule has 0 aromatic heterocycles. The number of Topliss-reactive ketones (excluding diaryl/α,β-unsaturated/α-hetero) is 1. The van der Waals surface area contributed by atoms with E-state index in [1.807, 2.05) is 0 Å². The molecule has 0 bridgehead atoms. The summed E-state index contributed by atoms with van der Waals surface area (Å²) in [6.45, 7) is -0.139. The minimum atomic E-state index is -0.544. The van der Waals surface area contributed by atoms with E-state index in [9.17, 15) is 18.8 Å². The minimum absolute atomic E-state index is 0.195. The van der Waals surface area contributed by atoms with E-state index in [0.717, 1.165) is 22.2 Å². The summed E-state index contributed by atoms with van der Waals surface area (Å²) in [5, 5.41) is -0.0345.